The second-order valence-corrected chi connectivity index (χ2v) is 8.26. The van der Waals surface area contributed by atoms with Gasteiger partial charge >= 0.3 is 0 Å². The highest BCUT2D eigenvalue weighted by Crippen LogP contribution is 2.47. The van der Waals surface area contributed by atoms with E-state index >= 15 is 0 Å². The largest absolute Gasteiger partial charge is 0.484 e. The van der Waals surface area contributed by atoms with Gasteiger partial charge in [0.25, 0.3) is 5.91 Å². The highest BCUT2D eigenvalue weighted by molar-refractivity contribution is 5.80. The van der Waals surface area contributed by atoms with Crippen LogP contribution in [-0.2, 0) is 15.0 Å². The van der Waals surface area contributed by atoms with Gasteiger partial charge in [-0.05, 0) is 55.5 Å². The summed E-state index contributed by atoms with van der Waals surface area (Å²) in [7, 11) is 0. The van der Waals surface area contributed by atoms with E-state index in [0.29, 0.717) is 38.2 Å². The highest BCUT2D eigenvalue weighted by Gasteiger charge is 2.44. The van der Waals surface area contributed by atoms with Crippen molar-refractivity contribution in [1.29, 1.82) is 0 Å². The number of hydrogen-bond acceptors (Lipinski definition) is 3. The summed E-state index contributed by atoms with van der Waals surface area (Å²) in [5.74, 6) is 0.361. The number of carbonyl (C=O) groups excluding carboxylic acids is 2. The Bertz CT molecular complexity index is 873. The van der Waals surface area contributed by atoms with Crippen molar-refractivity contribution < 1.29 is 18.7 Å². The Labute approximate surface area is 176 Å². The van der Waals surface area contributed by atoms with Crippen molar-refractivity contribution in [1.82, 2.24) is 10.2 Å². The summed E-state index contributed by atoms with van der Waals surface area (Å²) in [5, 5.41) is 3.10. The molecule has 0 unspecified atom stereocenters. The minimum atomic E-state index is -0.242. The molecular weight excluding hydrogens is 383 g/mol. The van der Waals surface area contributed by atoms with Gasteiger partial charge in [0.1, 0.15) is 11.6 Å². The van der Waals surface area contributed by atoms with Crippen LogP contribution in [0.5, 0.6) is 5.75 Å². The maximum atomic E-state index is 13.2. The molecule has 2 aromatic rings. The Balaban J connectivity index is 1.21. The summed E-state index contributed by atoms with van der Waals surface area (Å²) in [6.07, 6.45) is 3.33. The zero-order valence-electron chi connectivity index (χ0n) is 17.0. The summed E-state index contributed by atoms with van der Waals surface area (Å²) < 4.78 is 18.7. The quantitative estimate of drug-likeness (QED) is 0.762. The van der Waals surface area contributed by atoms with E-state index in [1.54, 1.807) is 4.90 Å². The van der Waals surface area contributed by atoms with E-state index in [4.69, 9.17) is 4.74 Å². The lowest BCUT2D eigenvalue weighted by Gasteiger charge is -2.31. The number of likely N-dealkylation sites (tertiary alicyclic amines) is 1. The Morgan fingerprint density at radius 3 is 2.33 bits per heavy atom. The number of hydrogen-bond donors (Lipinski definition) is 1. The molecule has 4 rings (SSSR count). The van der Waals surface area contributed by atoms with Crippen LogP contribution in [0.4, 0.5) is 4.39 Å². The van der Waals surface area contributed by atoms with Gasteiger partial charge in [-0.15, -0.1) is 0 Å². The van der Waals surface area contributed by atoms with Crippen molar-refractivity contribution in [2.75, 3.05) is 26.2 Å². The molecule has 0 aromatic heterocycles. The van der Waals surface area contributed by atoms with Crippen LogP contribution in [0.25, 0.3) is 0 Å². The van der Waals surface area contributed by atoms with Crippen LogP contribution in [0.15, 0.2) is 54.6 Å². The maximum Gasteiger partial charge on any atom is 0.260 e. The standard InChI is InChI=1S/C24H27FN2O3/c25-20-8-6-19(7-9-20)24(12-13-24)17-26-23(29)18-10-14-27(15-11-18)22(28)16-30-21-4-2-1-3-5-21/h1-9,18H,10-17H2,(H,26,29). The molecular formula is C24H27FN2O3. The number of carbonyl (C=O) groups is 2. The van der Waals surface area contributed by atoms with Gasteiger partial charge in [0.2, 0.25) is 5.91 Å². The predicted octanol–water partition coefficient (Wildman–Crippen LogP) is 3.29. The molecule has 1 heterocycles. The summed E-state index contributed by atoms with van der Waals surface area (Å²) in [5.41, 5.74) is 1.04. The molecule has 2 aliphatic rings. The number of para-hydroxylation sites is 1. The molecule has 2 fully saturated rings. The van der Waals surface area contributed by atoms with Crippen molar-refractivity contribution in [3.63, 3.8) is 0 Å². The summed E-state index contributed by atoms with van der Waals surface area (Å²) in [6.45, 7) is 1.74. The molecule has 0 spiro atoms. The van der Waals surface area contributed by atoms with E-state index in [1.807, 2.05) is 42.5 Å². The maximum absolute atomic E-state index is 13.2. The zero-order chi connectivity index (χ0) is 21.0. The number of benzene rings is 2. The third-order valence-corrected chi connectivity index (χ3v) is 6.24. The van der Waals surface area contributed by atoms with E-state index in [1.165, 1.54) is 12.1 Å². The second-order valence-electron chi connectivity index (χ2n) is 8.26. The van der Waals surface area contributed by atoms with Gasteiger partial charge in [0.15, 0.2) is 6.61 Å². The van der Waals surface area contributed by atoms with Crippen molar-refractivity contribution in [2.45, 2.75) is 31.1 Å². The lowest BCUT2D eigenvalue weighted by molar-refractivity contribution is -0.137. The number of amides is 2. The molecule has 1 aliphatic carbocycles. The normalized spacial score (nSPS) is 18.0. The van der Waals surface area contributed by atoms with Gasteiger partial charge in [-0.1, -0.05) is 30.3 Å². The molecule has 0 atom stereocenters. The monoisotopic (exact) mass is 410 g/mol. The third-order valence-electron chi connectivity index (χ3n) is 6.24. The molecule has 0 radical (unpaired) electrons. The first-order chi connectivity index (χ1) is 14.6. The van der Waals surface area contributed by atoms with Crippen LogP contribution in [0.2, 0.25) is 0 Å². The third kappa shape index (κ3) is 4.81. The van der Waals surface area contributed by atoms with Crippen LogP contribution in [0.3, 0.4) is 0 Å². The van der Waals surface area contributed by atoms with Gasteiger partial charge < -0.3 is 15.0 Å². The van der Waals surface area contributed by atoms with E-state index < -0.39 is 0 Å². The van der Waals surface area contributed by atoms with Crippen molar-refractivity contribution >= 4 is 11.8 Å². The van der Waals surface area contributed by atoms with E-state index in [-0.39, 0.29) is 35.6 Å². The Hall–Kier alpha value is -2.89. The van der Waals surface area contributed by atoms with Crippen LogP contribution < -0.4 is 10.1 Å². The van der Waals surface area contributed by atoms with Crippen LogP contribution in [0, 0.1) is 11.7 Å². The van der Waals surface area contributed by atoms with Crippen molar-refractivity contribution in [2.24, 2.45) is 5.92 Å². The molecule has 1 saturated carbocycles. The molecule has 5 nitrogen and oxygen atoms in total. The average Bonchev–Trinajstić information content (AvgIpc) is 3.58. The number of piperidine rings is 1. The Morgan fingerprint density at radius 2 is 1.70 bits per heavy atom. The van der Waals surface area contributed by atoms with Gasteiger partial charge in [0, 0.05) is 31.0 Å². The molecule has 2 amide bonds. The van der Waals surface area contributed by atoms with Gasteiger partial charge in [-0.2, -0.15) is 0 Å². The fourth-order valence-electron chi connectivity index (χ4n) is 4.07. The van der Waals surface area contributed by atoms with Crippen LogP contribution in [-0.4, -0.2) is 43.0 Å². The van der Waals surface area contributed by atoms with Crippen molar-refractivity contribution in [3.8, 4) is 5.75 Å². The van der Waals surface area contributed by atoms with Gasteiger partial charge in [-0.25, -0.2) is 4.39 Å². The molecule has 6 heteroatoms. The molecule has 1 aliphatic heterocycles. The van der Waals surface area contributed by atoms with Crippen LogP contribution >= 0.6 is 0 Å². The Morgan fingerprint density at radius 1 is 1.03 bits per heavy atom. The molecule has 1 saturated heterocycles. The average molecular weight is 410 g/mol. The number of nitrogens with one attached hydrogen (secondary N) is 1. The minimum Gasteiger partial charge on any atom is -0.484 e. The number of rotatable bonds is 7. The van der Waals surface area contributed by atoms with E-state index in [0.717, 1.165) is 18.4 Å². The molecule has 1 N–H and O–H groups in total. The highest BCUT2D eigenvalue weighted by atomic mass is 19.1. The fourth-order valence-corrected chi connectivity index (χ4v) is 4.07. The molecule has 158 valence electrons. The van der Waals surface area contributed by atoms with Crippen molar-refractivity contribution in [3.05, 3.63) is 66.0 Å². The Kier molecular flexibility index (Phi) is 6.02. The first-order valence-electron chi connectivity index (χ1n) is 10.6. The lowest BCUT2D eigenvalue weighted by Crippen LogP contribution is -2.45. The predicted molar refractivity (Wildman–Crippen MR) is 112 cm³/mol. The molecule has 30 heavy (non-hydrogen) atoms. The molecule has 2 aromatic carbocycles. The van der Waals surface area contributed by atoms with E-state index in [2.05, 4.69) is 5.32 Å². The molecule has 0 bridgehead atoms. The lowest BCUT2D eigenvalue weighted by atomic mass is 9.93. The second kappa shape index (κ2) is 8.86. The SMILES string of the molecule is O=C(NCC1(c2ccc(F)cc2)CC1)C1CCN(C(=O)COc2ccccc2)CC1. The van der Waals surface area contributed by atoms with Gasteiger partial charge in [0.05, 0.1) is 0 Å². The summed E-state index contributed by atoms with van der Waals surface area (Å²) in [4.78, 5) is 26.8. The first-order valence-corrected chi connectivity index (χ1v) is 10.6. The number of halogens is 1. The van der Waals surface area contributed by atoms with E-state index in [9.17, 15) is 14.0 Å². The first kappa shape index (κ1) is 20.4. The number of ether oxygens (including phenoxy) is 1. The minimum absolute atomic E-state index is 0.0149. The summed E-state index contributed by atoms with van der Waals surface area (Å²) >= 11 is 0. The summed E-state index contributed by atoms with van der Waals surface area (Å²) in [6, 6.07) is 15.9. The van der Waals surface area contributed by atoms with Crippen LogP contribution in [0.1, 0.15) is 31.2 Å². The zero-order valence-corrected chi connectivity index (χ0v) is 17.0. The number of nitrogens with zero attached hydrogens (tertiary/aromatic N) is 1. The fraction of sp³-hybridized carbons (Fsp3) is 0.417. The smallest absolute Gasteiger partial charge is 0.260 e. The topological polar surface area (TPSA) is 58.6 Å². The van der Waals surface area contributed by atoms with Gasteiger partial charge in [-0.3, -0.25) is 9.59 Å².